The van der Waals surface area contributed by atoms with Gasteiger partial charge < -0.3 is 20.4 Å². The summed E-state index contributed by atoms with van der Waals surface area (Å²) < 4.78 is 0. The molecular formula is C52H33N15O18. The Hall–Kier alpha value is -12.8. The molecule has 424 valence electrons. The van der Waals surface area contributed by atoms with Gasteiger partial charge in [0.25, 0.3) is 39.8 Å². The second kappa shape index (κ2) is 23.5. The summed E-state index contributed by atoms with van der Waals surface area (Å²) in [5.74, 6) is -1.93. The normalized spacial score (nSPS) is 12.2. The Morgan fingerprint density at radius 1 is 0.247 bits per heavy atom. The van der Waals surface area contributed by atoms with Gasteiger partial charge in [-0.1, -0.05) is 6.07 Å². The molecule has 8 aromatic rings. The molecule has 1 aliphatic carbocycles. The molecule has 0 spiro atoms. The fraction of sp³-hybridized carbons (Fsp3) is 0.0769. The number of rotatable bonds is 15. The second-order valence-corrected chi connectivity index (χ2v) is 18.4. The fourth-order valence-corrected chi connectivity index (χ4v) is 8.77. The third kappa shape index (κ3) is 13.1. The van der Waals surface area contributed by atoms with Gasteiger partial charge in [0.2, 0.25) is 0 Å². The lowest BCUT2D eigenvalue weighted by atomic mass is 9.90. The highest BCUT2D eigenvalue weighted by Crippen LogP contribution is 2.44. The maximum absolute atomic E-state index is 12.2. The number of phenolic OH excluding ortho intramolecular Hbond substituents is 4. The first kappa shape index (κ1) is 56.9. The van der Waals surface area contributed by atoms with Crippen LogP contribution in [0.1, 0.15) is 44.5 Å². The van der Waals surface area contributed by atoms with Crippen molar-refractivity contribution in [3.8, 4) is 23.0 Å². The SMILES string of the molecule is O=[N+]([O-])c1cccc(/N=N/c2cc3c(O)c(c2)Cc2cc(/N=N/c4cc([N+](=O)[O-])cc([N+](=O)[O-])c4)cc(c2O)Cc2cc(/N=N/c4cc([N+](=O)[O-])cc([N+](=O)[O-])c4)cc(c2O)Cc2cc(/N=N/c4cc([N+](=O)[O-])cc([N+](=O)[O-])c4)cc(c2O)C3)c1. The highest BCUT2D eigenvalue weighted by atomic mass is 16.7. The molecule has 0 aromatic heterocycles. The molecule has 0 saturated carbocycles. The van der Waals surface area contributed by atoms with Crippen LogP contribution in [0.4, 0.5) is 85.3 Å². The number of phenols is 4. The van der Waals surface area contributed by atoms with E-state index < -0.39 is 117 Å². The number of nitro benzene ring substituents is 7. The Bertz CT molecular complexity index is 4050. The number of hydrogen-bond acceptors (Lipinski definition) is 26. The first-order chi connectivity index (χ1) is 40.4. The van der Waals surface area contributed by atoms with E-state index in [1.54, 1.807) is 0 Å². The van der Waals surface area contributed by atoms with E-state index in [1.807, 2.05) is 0 Å². The van der Waals surface area contributed by atoms with E-state index in [-0.39, 0.29) is 95.7 Å². The number of benzene rings is 8. The van der Waals surface area contributed by atoms with E-state index in [0.29, 0.717) is 18.2 Å². The number of aromatic hydroxyl groups is 4. The Morgan fingerprint density at radius 3 is 0.624 bits per heavy atom. The molecular weight excluding hydrogens is 1120 g/mol. The second-order valence-electron chi connectivity index (χ2n) is 18.4. The van der Waals surface area contributed by atoms with E-state index in [2.05, 4.69) is 40.9 Å². The highest BCUT2D eigenvalue weighted by Gasteiger charge is 2.25. The molecule has 8 bridgehead atoms. The molecule has 0 aliphatic heterocycles. The van der Waals surface area contributed by atoms with Gasteiger partial charge in [0.05, 0.1) is 98.2 Å². The number of hydrogen-bond donors (Lipinski definition) is 4. The molecule has 1 aliphatic rings. The zero-order valence-electron chi connectivity index (χ0n) is 42.7. The lowest BCUT2D eigenvalue weighted by Crippen LogP contribution is -2.01. The van der Waals surface area contributed by atoms with Crippen molar-refractivity contribution >= 4 is 85.3 Å². The van der Waals surface area contributed by atoms with Crippen LogP contribution in [0.3, 0.4) is 0 Å². The molecule has 0 radical (unpaired) electrons. The van der Waals surface area contributed by atoms with Gasteiger partial charge >= 0.3 is 0 Å². The summed E-state index contributed by atoms with van der Waals surface area (Å²) in [5, 5.41) is 164. The van der Waals surface area contributed by atoms with E-state index in [1.165, 1.54) is 66.7 Å². The molecule has 85 heavy (non-hydrogen) atoms. The lowest BCUT2D eigenvalue weighted by molar-refractivity contribution is -0.394. The smallest absolute Gasteiger partial charge is 0.278 e. The number of nitrogens with zero attached hydrogens (tertiary/aromatic N) is 15. The standard InChI is InChI=1S/C52H33N15O18/c68-49-26-4-28-10-36(55-58-39-17-43(62(74)75)23-44(18-39)63(76)77)12-30(50(28)69)6-32-14-38(57-60-41-21-47(66(82)83)25-48(22-41)67(84)85)15-33(52(32)71)7-31-13-37(56-59-40-19-45(64(78)79)24-46(20-40)65(80)81)11-29(51(31)70)5-27(49)9-35(8-26)54-53-34-2-1-3-42(16-34)61(72)73/h1-3,8-25,68-71H,4-7H2/b54-53+,58-55+,59-56+,60-57+. The maximum atomic E-state index is 12.2. The fourth-order valence-electron chi connectivity index (χ4n) is 8.77. The maximum Gasteiger partial charge on any atom is 0.278 e. The zero-order chi connectivity index (χ0) is 61.0. The first-order valence-corrected chi connectivity index (χ1v) is 24.1. The topological polar surface area (TPSA) is 482 Å². The average Bonchev–Trinajstić information content (AvgIpc) is 2.99. The lowest BCUT2D eigenvalue weighted by Gasteiger charge is -2.18. The van der Waals surface area contributed by atoms with Crippen LogP contribution in [0.5, 0.6) is 23.0 Å². The van der Waals surface area contributed by atoms with Crippen LogP contribution >= 0.6 is 0 Å². The molecule has 0 heterocycles. The van der Waals surface area contributed by atoms with Gasteiger partial charge in [0.15, 0.2) is 0 Å². The van der Waals surface area contributed by atoms with Crippen molar-refractivity contribution in [1.29, 1.82) is 0 Å². The van der Waals surface area contributed by atoms with Crippen molar-refractivity contribution < 1.29 is 54.9 Å². The molecule has 0 amide bonds. The summed E-state index contributed by atoms with van der Waals surface area (Å²) in [6, 6.07) is 23.0. The minimum Gasteiger partial charge on any atom is -0.507 e. The highest BCUT2D eigenvalue weighted by molar-refractivity contribution is 5.65. The van der Waals surface area contributed by atoms with Crippen molar-refractivity contribution in [2.75, 3.05) is 0 Å². The number of azo groups is 4. The molecule has 33 nitrogen and oxygen atoms in total. The van der Waals surface area contributed by atoms with Crippen LogP contribution in [-0.4, -0.2) is 54.9 Å². The van der Waals surface area contributed by atoms with E-state index in [4.69, 9.17) is 0 Å². The average molecular weight is 1160 g/mol. The predicted octanol–water partition coefficient (Wildman–Crippen LogP) is 14.2. The third-order valence-electron chi connectivity index (χ3n) is 12.6. The Balaban J connectivity index is 1.27. The van der Waals surface area contributed by atoms with Crippen LogP contribution in [0, 0.1) is 70.8 Å². The van der Waals surface area contributed by atoms with Crippen molar-refractivity contribution in [3.63, 3.8) is 0 Å². The third-order valence-corrected chi connectivity index (χ3v) is 12.6. The molecule has 8 aromatic carbocycles. The van der Waals surface area contributed by atoms with Gasteiger partial charge in [0, 0.05) is 119 Å². The molecule has 0 saturated heterocycles. The molecule has 0 atom stereocenters. The van der Waals surface area contributed by atoms with Gasteiger partial charge in [-0.25, -0.2) is 0 Å². The van der Waals surface area contributed by atoms with Crippen molar-refractivity contribution in [1.82, 2.24) is 0 Å². The Morgan fingerprint density at radius 2 is 0.424 bits per heavy atom. The summed E-state index contributed by atoms with van der Waals surface area (Å²) in [5.41, 5.74) is -6.15. The van der Waals surface area contributed by atoms with Crippen LogP contribution in [-0.2, 0) is 25.7 Å². The van der Waals surface area contributed by atoms with E-state index >= 15 is 0 Å². The van der Waals surface area contributed by atoms with Crippen molar-refractivity contribution in [3.05, 3.63) is 243 Å². The van der Waals surface area contributed by atoms with Crippen molar-refractivity contribution in [2.45, 2.75) is 25.7 Å². The minimum atomic E-state index is -0.892. The number of non-ortho nitro benzene ring substituents is 7. The molecule has 0 unspecified atom stereocenters. The largest absolute Gasteiger partial charge is 0.507 e. The summed E-state index contributed by atoms with van der Waals surface area (Å²) in [4.78, 5) is 76.0. The van der Waals surface area contributed by atoms with Gasteiger partial charge in [-0.05, 0) is 54.6 Å². The summed E-state index contributed by atoms with van der Waals surface area (Å²) in [6.45, 7) is 0. The summed E-state index contributed by atoms with van der Waals surface area (Å²) in [7, 11) is 0. The van der Waals surface area contributed by atoms with E-state index in [9.17, 15) is 91.2 Å². The van der Waals surface area contributed by atoms with Crippen molar-refractivity contribution in [2.24, 2.45) is 40.9 Å². The Labute approximate surface area is 471 Å². The molecule has 0 fully saturated rings. The van der Waals surface area contributed by atoms with Crippen LogP contribution < -0.4 is 0 Å². The summed E-state index contributed by atoms with van der Waals surface area (Å²) >= 11 is 0. The number of fused-ring (bicyclic) bond motifs is 8. The van der Waals surface area contributed by atoms with Gasteiger partial charge in [-0.3, -0.25) is 70.8 Å². The predicted molar refractivity (Wildman–Crippen MR) is 293 cm³/mol. The number of nitro groups is 7. The zero-order valence-corrected chi connectivity index (χ0v) is 42.7. The molecule has 33 heteroatoms. The van der Waals surface area contributed by atoms with Gasteiger partial charge in [-0.15, -0.1) is 0 Å². The van der Waals surface area contributed by atoms with Crippen LogP contribution in [0.15, 0.2) is 168 Å². The Kier molecular flexibility index (Phi) is 15.7. The van der Waals surface area contributed by atoms with Gasteiger partial charge in [-0.2, -0.15) is 40.9 Å². The minimum absolute atomic E-state index is 0.000941. The summed E-state index contributed by atoms with van der Waals surface area (Å²) in [6.07, 6.45) is -1.79. The van der Waals surface area contributed by atoms with E-state index in [0.717, 1.165) is 42.5 Å². The van der Waals surface area contributed by atoms with Crippen LogP contribution in [0.2, 0.25) is 0 Å². The monoisotopic (exact) mass is 1160 g/mol. The molecule has 4 N–H and O–H groups in total. The van der Waals surface area contributed by atoms with Gasteiger partial charge in [0.1, 0.15) is 23.0 Å². The first-order valence-electron chi connectivity index (χ1n) is 24.1. The quantitative estimate of drug-likeness (QED) is 0.0421. The molecule has 9 rings (SSSR count). The van der Waals surface area contributed by atoms with Crippen LogP contribution in [0.25, 0.3) is 0 Å².